The third-order valence-electron chi connectivity index (χ3n) is 4.49. The summed E-state index contributed by atoms with van der Waals surface area (Å²) < 4.78 is 26.4. The van der Waals surface area contributed by atoms with Crippen molar-refractivity contribution in [1.29, 1.82) is 0 Å². The van der Waals surface area contributed by atoms with Crippen molar-refractivity contribution in [3.8, 4) is 0 Å². The third kappa shape index (κ3) is 3.06. The van der Waals surface area contributed by atoms with Crippen LogP contribution in [0.4, 0.5) is 14.5 Å². The molecule has 2 aliphatic heterocycles. The number of hydrogen-bond donors (Lipinski definition) is 1. The fourth-order valence-corrected chi connectivity index (χ4v) is 3.25. The molecule has 0 aromatic heterocycles. The Morgan fingerprint density at radius 3 is 2.65 bits per heavy atom. The number of rotatable bonds is 2. The van der Waals surface area contributed by atoms with Gasteiger partial charge in [-0.3, -0.25) is 9.59 Å². The van der Waals surface area contributed by atoms with Gasteiger partial charge in [-0.1, -0.05) is 0 Å². The number of likely N-dealkylation sites (tertiary alicyclic amines) is 1. The Morgan fingerprint density at radius 1 is 1.17 bits per heavy atom. The van der Waals surface area contributed by atoms with Gasteiger partial charge in [0.15, 0.2) is 11.6 Å². The molecule has 2 N–H and O–H groups in total. The number of benzene rings is 1. The minimum absolute atomic E-state index is 0.0495. The van der Waals surface area contributed by atoms with Crippen molar-refractivity contribution in [2.75, 3.05) is 24.5 Å². The van der Waals surface area contributed by atoms with Gasteiger partial charge in [0.05, 0.1) is 0 Å². The molecule has 2 heterocycles. The van der Waals surface area contributed by atoms with Crippen molar-refractivity contribution >= 4 is 17.5 Å². The van der Waals surface area contributed by atoms with Gasteiger partial charge in [0.2, 0.25) is 11.8 Å². The van der Waals surface area contributed by atoms with Crippen LogP contribution in [0.15, 0.2) is 18.2 Å². The van der Waals surface area contributed by atoms with E-state index in [2.05, 4.69) is 0 Å². The maximum Gasteiger partial charge on any atom is 0.239 e. The van der Waals surface area contributed by atoms with E-state index in [0.29, 0.717) is 26.1 Å². The van der Waals surface area contributed by atoms with E-state index >= 15 is 0 Å². The molecule has 124 valence electrons. The van der Waals surface area contributed by atoms with Gasteiger partial charge in [-0.25, -0.2) is 8.78 Å². The van der Waals surface area contributed by atoms with Crippen LogP contribution in [0.3, 0.4) is 0 Å². The average molecular weight is 323 g/mol. The second-order valence-electron chi connectivity index (χ2n) is 6.12. The highest BCUT2D eigenvalue weighted by atomic mass is 19.2. The van der Waals surface area contributed by atoms with Gasteiger partial charge in [0.25, 0.3) is 0 Å². The Hall–Kier alpha value is -2.02. The van der Waals surface area contributed by atoms with E-state index in [0.717, 1.165) is 25.0 Å². The third-order valence-corrected chi connectivity index (χ3v) is 4.49. The Morgan fingerprint density at radius 2 is 1.96 bits per heavy atom. The first-order valence-electron chi connectivity index (χ1n) is 7.78. The van der Waals surface area contributed by atoms with E-state index in [1.165, 1.54) is 11.0 Å². The first-order chi connectivity index (χ1) is 11.0. The molecule has 0 radical (unpaired) electrons. The largest absolute Gasteiger partial charge is 0.340 e. The quantitative estimate of drug-likeness (QED) is 0.834. The highest BCUT2D eigenvalue weighted by molar-refractivity contribution is 6.09. The number of carbonyl (C=O) groups is 2. The van der Waals surface area contributed by atoms with E-state index in [-0.39, 0.29) is 23.5 Å². The molecule has 2 atom stereocenters. The first kappa shape index (κ1) is 15.9. The highest BCUT2D eigenvalue weighted by Gasteiger charge is 2.40. The van der Waals surface area contributed by atoms with Gasteiger partial charge in [0, 0.05) is 37.4 Å². The summed E-state index contributed by atoms with van der Waals surface area (Å²) in [7, 11) is 0. The zero-order chi connectivity index (χ0) is 16.6. The van der Waals surface area contributed by atoms with Crippen LogP contribution >= 0.6 is 0 Å². The van der Waals surface area contributed by atoms with E-state index < -0.39 is 17.6 Å². The smallest absolute Gasteiger partial charge is 0.239 e. The number of piperidine rings is 1. The summed E-state index contributed by atoms with van der Waals surface area (Å²) in [4.78, 5) is 28.0. The van der Waals surface area contributed by atoms with Crippen molar-refractivity contribution in [2.45, 2.75) is 25.3 Å². The van der Waals surface area contributed by atoms with Crippen LogP contribution in [-0.2, 0) is 9.59 Å². The van der Waals surface area contributed by atoms with Crippen molar-refractivity contribution in [1.82, 2.24) is 4.90 Å². The first-order valence-corrected chi connectivity index (χ1v) is 7.78. The van der Waals surface area contributed by atoms with Gasteiger partial charge in [-0.2, -0.15) is 0 Å². The zero-order valence-electron chi connectivity index (χ0n) is 12.7. The van der Waals surface area contributed by atoms with E-state index in [4.69, 9.17) is 5.73 Å². The van der Waals surface area contributed by atoms with Crippen molar-refractivity contribution in [3.05, 3.63) is 29.8 Å². The van der Waals surface area contributed by atoms with E-state index in [9.17, 15) is 18.4 Å². The standard InChI is InChI=1S/C16H19F2N3O2/c17-13-4-3-11(8-14(13)18)21-7-5-12(16(21)23)15(22)20-6-1-2-10(19)9-20/h3-4,8,10,12H,1-2,5-7,9,19H2/t10-,12+/m0/s1. The number of anilines is 1. The predicted octanol–water partition coefficient (Wildman–Crippen LogP) is 1.27. The maximum atomic E-state index is 13.3. The second-order valence-corrected chi connectivity index (χ2v) is 6.12. The molecule has 0 unspecified atom stereocenters. The lowest BCUT2D eigenvalue weighted by Crippen LogP contribution is -2.49. The predicted molar refractivity (Wildman–Crippen MR) is 80.6 cm³/mol. The molecule has 0 saturated carbocycles. The molecule has 0 aliphatic carbocycles. The fraction of sp³-hybridized carbons (Fsp3) is 0.500. The van der Waals surface area contributed by atoms with Crippen LogP contribution in [-0.4, -0.2) is 42.4 Å². The lowest BCUT2D eigenvalue weighted by atomic mass is 10.0. The summed E-state index contributed by atoms with van der Waals surface area (Å²) in [5.41, 5.74) is 6.16. The van der Waals surface area contributed by atoms with Gasteiger partial charge in [-0.15, -0.1) is 0 Å². The number of carbonyl (C=O) groups excluding carboxylic acids is 2. The molecule has 2 amide bonds. The fourth-order valence-electron chi connectivity index (χ4n) is 3.25. The van der Waals surface area contributed by atoms with Crippen LogP contribution in [0.1, 0.15) is 19.3 Å². The number of nitrogens with zero attached hydrogens (tertiary/aromatic N) is 2. The summed E-state index contributed by atoms with van der Waals surface area (Å²) in [5.74, 6) is -3.30. The van der Waals surface area contributed by atoms with Crippen LogP contribution in [0.5, 0.6) is 0 Å². The topological polar surface area (TPSA) is 66.6 Å². The summed E-state index contributed by atoms with van der Waals surface area (Å²) >= 11 is 0. The van der Waals surface area contributed by atoms with E-state index in [1.807, 2.05) is 0 Å². The van der Waals surface area contributed by atoms with Crippen LogP contribution in [0.25, 0.3) is 0 Å². The molecule has 7 heteroatoms. The molecule has 2 saturated heterocycles. The van der Waals surface area contributed by atoms with Gasteiger partial charge in [-0.05, 0) is 31.4 Å². The lowest BCUT2D eigenvalue weighted by Gasteiger charge is -2.32. The van der Waals surface area contributed by atoms with E-state index in [1.54, 1.807) is 4.90 Å². The van der Waals surface area contributed by atoms with Crippen LogP contribution in [0, 0.1) is 17.6 Å². The molecule has 2 fully saturated rings. The molecule has 5 nitrogen and oxygen atoms in total. The number of halogens is 2. The molecule has 2 aliphatic rings. The zero-order valence-corrected chi connectivity index (χ0v) is 12.7. The normalized spacial score (nSPS) is 25.1. The average Bonchev–Trinajstić information content (AvgIpc) is 2.91. The molecule has 1 aromatic rings. The number of nitrogens with two attached hydrogens (primary N) is 1. The minimum atomic E-state index is -1.01. The summed E-state index contributed by atoms with van der Waals surface area (Å²) in [5, 5.41) is 0. The Bertz CT molecular complexity index is 638. The Balaban J connectivity index is 1.73. The van der Waals surface area contributed by atoms with Crippen LogP contribution < -0.4 is 10.6 Å². The van der Waals surface area contributed by atoms with Crippen molar-refractivity contribution in [2.24, 2.45) is 11.7 Å². The second kappa shape index (κ2) is 6.23. The Labute approximate surface area is 133 Å². The summed E-state index contributed by atoms with van der Waals surface area (Å²) in [6, 6.07) is 3.26. The molecular formula is C16H19F2N3O2. The van der Waals surface area contributed by atoms with Crippen LogP contribution in [0.2, 0.25) is 0 Å². The Kier molecular flexibility index (Phi) is 4.30. The maximum absolute atomic E-state index is 13.3. The summed E-state index contributed by atoms with van der Waals surface area (Å²) in [6.45, 7) is 1.40. The molecule has 1 aromatic carbocycles. The minimum Gasteiger partial charge on any atom is -0.340 e. The van der Waals surface area contributed by atoms with Crippen molar-refractivity contribution < 1.29 is 18.4 Å². The molecule has 23 heavy (non-hydrogen) atoms. The number of amides is 2. The SMILES string of the molecule is N[C@H]1CCCN(C(=O)[C@H]2CCN(c3ccc(F)c(F)c3)C2=O)C1. The highest BCUT2D eigenvalue weighted by Crippen LogP contribution is 2.28. The molecule has 0 spiro atoms. The van der Waals surface area contributed by atoms with Gasteiger partial charge >= 0.3 is 0 Å². The molecule has 3 rings (SSSR count). The summed E-state index contributed by atoms with van der Waals surface area (Å²) in [6.07, 6.45) is 2.09. The monoisotopic (exact) mass is 323 g/mol. The molecular weight excluding hydrogens is 304 g/mol. The van der Waals surface area contributed by atoms with Gasteiger partial charge in [0.1, 0.15) is 5.92 Å². The lowest BCUT2D eigenvalue weighted by molar-refractivity contribution is -0.140. The van der Waals surface area contributed by atoms with Crippen molar-refractivity contribution in [3.63, 3.8) is 0 Å². The number of hydrogen-bond acceptors (Lipinski definition) is 3. The molecule has 0 bridgehead atoms. The van der Waals surface area contributed by atoms with Gasteiger partial charge < -0.3 is 15.5 Å².